The van der Waals surface area contributed by atoms with Gasteiger partial charge in [-0.25, -0.2) is 0 Å². The Morgan fingerprint density at radius 1 is 1.45 bits per heavy atom. The van der Waals surface area contributed by atoms with Crippen molar-refractivity contribution in [2.24, 2.45) is 0 Å². The van der Waals surface area contributed by atoms with Crippen molar-refractivity contribution in [3.63, 3.8) is 0 Å². The fraction of sp³-hybridized carbons (Fsp3) is 0.750. The fourth-order valence-electron chi connectivity index (χ4n) is 3.45. The lowest BCUT2D eigenvalue weighted by Crippen LogP contribution is -2.45. The Balaban J connectivity index is 1.45. The van der Waals surface area contributed by atoms with Gasteiger partial charge < -0.3 is 10.1 Å². The van der Waals surface area contributed by atoms with E-state index in [1.165, 1.54) is 0 Å². The summed E-state index contributed by atoms with van der Waals surface area (Å²) in [5, 5.41) is 10.4. The maximum atomic E-state index is 12.2. The molecule has 1 aromatic heterocycles. The maximum absolute atomic E-state index is 12.2. The van der Waals surface area contributed by atoms with Crippen LogP contribution in [0.2, 0.25) is 0 Å². The molecule has 122 valence electrons. The fourth-order valence-corrected chi connectivity index (χ4v) is 3.45. The normalized spacial score (nSPS) is 28.6. The summed E-state index contributed by atoms with van der Waals surface area (Å²) in [5.74, 6) is 0.124. The van der Waals surface area contributed by atoms with E-state index in [2.05, 4.69) is 27.3 Å². The second-order valence-electron chi connectivity index (χ2n) is 6.67. The third-order valence-electron chi connectivity index (χ3n) is 4.90. The molecule has 1 amide bonds. The van der Waals surface area contributed by atoms with E-state index in [1.54, 1.807) is 0 Å². The highest BCUT2D eigenvalue weighted by Crippen LogP contribution is 2.23. The van der Waals surface area contributed by atoms with Crippen LogP contribution in [-0.2, 0) is 16.0 Å². The monoisotopic (exact) mass is 306 g/mol. The largest absolute Gasteiger partial charge is 0.376 e. The van der Waals surface area contributed by atoms with E-state index in [9.17, 15) is 4.79 Å². The second kappa shape index (κ2) is 6.38. The van der Waals surface area contributed by atoms with Gasteiger partial charge in [-0.1, -0.05) is 0 Å². The zero-order chi connectivity index (χ0) is 15.7. The number of aromatic amines is 1. The molecule has 0 aliphatic carbocycles. The van der Waals surface area contributed by atoms with Crippen LogP contribution in [0.4, 0.5) is 0 Å². The summed E-state index contributed by atoms with van der Waals surface area (Å²) in [6.45, 7) is 8.87. The minimum Gasteiger partial charge on any atom is -0.376 e. The Bertz CT molecular complexity index is 542. The molecule has 22 heavy (non-hydrogen) atoms. The second-order valence-corrected chi connectivity index (χ2v) is 6.67. The van der Waals surface area contributed by atoms with Crippen molar-refractivity contribution in [3.8, 4) is 0 Å². The zero-order valence-corrected chi connectivity index (χ0v) is 13.7. The molecule has 2 N–H and O–H groups in total. The summed E-state index contributed by atoms with van der Waals surface area (Å²) >= 11 is 0. The van der Waals surface area contributed by atoms with Gasteiger partial charge in [0, 0.05) is 43.7 Å². The zero-order valence-electron chi connectivity index (χ0n) is 13.7. The van der Waals surface area contributed by atoms with Gasteiger partial charge in [0.05, 0.1) is 18.4 Å². The SMILES string of the molecule is Cc1[nH]nc(CCC(=O)N[C@H]2C[C@H]3CO[C@@H](C)CN3C2)c1C. The number of aryl methyl sites for hydroxylation is 2. The Hall–Kier alpha value is -1.40. The molecule has 2 fully saturated rings. The maximum Gasteiger partial charge on any atom is 0.220 e. The Kier molecular flexibility index (Phi) is 4.49. The van der Waals surface area contributed by atoms with Crippen molar-refractivity contribution in [1.82, 2.24) is 20.4 Å². The molecule has 2 aliphatic rings. The molecule has 0 aromatic carbocycles. The standard InChI is InChI=1S/C16H26N4O2/c1-10-7-20-8-13(6-14(20)9-22-10)17-16(21)5-4-15-11(2)12(3)18-19-15/h10,13-14H,4-9H2,1-3H3,(H,17,21)(H,18,19)/t10-,13-,14-/m0/s1. The van der Waals surface area contributed by atoms with Crippen molar-refractivity contribution < 1.29 is 9.53 Å². The van der Waals surface area contributed by atoms with Crippen LogP contribution in [0.25, 0.3) is 0 Å². The number of ether oxygens (including phenoxy) is 1. The van der Waals surface area contributed by atoms with E-state index < -0.39 is 0 Å². The molecule has 6 heteroatoms. The van der Waals surface area contributed by atoms with Crippen molar-refractivity contribution >= 4 is 5.91 Å². The van der Waals surface area contributed by atoms with E-state index in [0.29, 0.717) is 25.0 Å². The van der Waals surface area contributed by atoms with Crippen molar-refractivity contribution in [2.75, 3.05) is 19.7 Å². The van der Waals surface area contributed by atoms with E-state index in [-0.39, 0.29) is 11.9 Å². The van der Waals surface area contributed by atoms with Crippen LogP contribution in [0, 0.1) is 13.8 Å². The lowest BCUT2D eigenvalue weighted by atomic mass is 10.1. The molecule has 0 radical (unpaired) electrons. The predicted molar refractivity (Wildman–Crippen MR) is 83.7 cm³/mol. The van der Waals surface area contributed by atoms with Crippen LogP contribution < -0.4 is 5.32 Å². The number of amides is 1. The van der Waals surface area contributed by atoms with Crippen LogP contribution in [-0.4, -0.2) is 58.9 Å². The summed E-state index contributed by atoms with van der Waals surface area (Å²) in [7, 11) is 0. The number of hydrogen-bond donors (Lipinski definition) is 2. The number of nitrogens with zero attached hydrogens (tertiary/aromatic N) is 2. The topological polar surface area (TPSA) is 70.2 Å². The molecule has 3 rings (SSSR count). The summed E-state index contributed by atoms with van der Waals surface area (Å²) < 4.78 is 5.70. The molecule has 2 saturated heterocycles. The lowest BCUT2D eigenvalue weighted by molar-refractivity contribution is -0.121. The molecular weight excluding hydrogens is 280 g/mol. The number of rotatable bonds is 4. The van der Waals surface area contributed by atoms with Crippen LogP contribution in [0.3, 0.4) is 0 Å². The highest BCUT2D eigenvalue weighted by molar-refractivity contribution is 5.76. The third-order valence-corrected chi connectivity index (χ3v) is 4.90. The van der Waals surface area contributed by atoms with Gasteiger partial charge in [0.25, 0.3) is 0 Å². The molecule has 1 aromatic rings. The highest BCUT2D eigenvalue weighted by Gasteiger charge is 2.36. The van der Waals surface area contributed by atoms with Gasteiger partial charge in [0.15, 0.2) is 0 Å². The van der Waals surface area contributed by atoms with Gasteiger partial charge in [-0.05, 0) is 32.8 Å². The Morgan fingerprint density at radius 3 is 3.00 bits per heavy atom. The summed E-state index contributed by atoms with van der Waals surface area (Å²) in [6, 6.07) is 0.728. The minimum atomic E-state index is 0.124. The molecular formula is C16H26N4O2. The van der Waals surface area contributed by atoms with Crippen LogP contribution in [0.5, 0.6) is 0 Å². The van der Waals surface area contributed by atoms with Gasteiger partial charge in [-0.15, -0.1) is 0 Å². The van der Waals surface area contributed by atoms with E-state index in [1.807, 2.05) is 13.8 Å². The number of H-pyrrole nitrogens is 1. The number of nitrogens with one attached hydrogen (secondary N) is 2. The quantitative estimate of drug-likeness (QED) is 0.868. The molecule has 2 aliphatic heterocycles. The number of carbonyl (C=O) groups excluding carboxylic acids is 1. The van der Waals surface area contributed by atoms with Crippen molar-refractivity contribution in [3.05, 3.63) is 17.0 Å². The third kappa shape index (κ3) is 3.33. The number of fused-ring (bicyclic) bond motifs is 1. The smallest absolute Gasteiger partial charge is 0.220 e. The molecule has 0 unspecified atom stereocenters. The minimum absolute atomic E-state index is 0.124. The number of carbonyl (C=O) groups is 1. The van der Waals surface area contributed by atoms with Gasteiger partial charge in [0.1, 0.15) is 0 Å². The first-order chi connectivity index (χ1) is 10.5. The first kappa shape index (κ1) is 15.5. The molecule has 3 atom stereocenters. The number of morpholine rings is 1. The number of aromatic nitrogens is 2. The van der Waals surface area contributed by atoms with E-state index in [0.717, 1.165) is 43.1 Å². The lowest BCUT2D eigenvalue weighted by Gasteiger charge is -2.33. The van der Waals surface area contributed by atoms with Gasteiger partial charge >= 0.3 is 0 Å². The van der Waals surface area contributed by atoms with Crippen LogP contribution in [0.1, 0.15) is 36.7 Å². The van der Waals surface area contributed by atoms with Crippen molar-refractivity contribution in [1.29, 1.82) is 0 Å². The van der Waals surface area contributed by atoms with Gasteiger partial charge in [-0.3, -0.25) is 14.8 Å². The predicted octanol–water partition coefficient (Wildman–Crippen LogP) is 0.937. The molecule has 6 nitrogen and oxygen atoms in total. The van der Waals surface area contributed by atoms with Crippen LogP contribution >= 0.6 is 0 Å². The van der Waals surface area contributed by atoms with Gasteiger partial charge in [-0.2, -0.15) is 5.10 Å². The Labute approximate surface area is 131 Å². The number of hydrogen-bond acceptors (Lipinski definition) is 4. The molecule has 3 heterocycles. The average Bonchev–Trinajstić information content (AvgIpc) is 3.01. The van der Waals surface area contributed by atoms with E-state index in [4.69, 9.17) is 4.74 Å². The summed E-state index contributed by atoms with van der Waals surface area (Å²) in [6.07, 6.45) is 2.50. The van der Waals surface area contributed by atoms with Crippen LogP contribution in [0.15, 0.2) is 0 Å². The molecule has 0 bridgehead atoms. The van der Waals surface area contributed by atoms with Crippen molar-refractivity contribution in [2.45, 2.75) is 58.2 Å². The average molecular weight is 306 g/mol. The Morgan fingerprint density at radius 2 is 2.27 bits per heavy atom. The molecule has 0 saturated carbocycles. The first-order valence-electron chi connectivity index (χ1n) is 8.18. The van der Waals surface area contributed by atoms with E-state index >= 15 is 0 Å². The highest BCUT2D eigenvalue weighted by atomic mass is 16.5. The summed E-state index contributed by atoms with van der Waals surface area (Å²) in [4.78, 5) is 14.6. The molecule has 0 spiro atoms. The summed E-state index contributed by atoms with van der Waals surface area (Å²) in [5.41, 5.74) is 3.24. The first-order valence-corrected chi connectivity index (χ1v) is 8.18. The van der Waals surface area contributed by atoms with Gasteiger partial charge in [0.2, 0.25) is 5.91 Å².